The second-order valence-corrected chi connectivity index (χ2v) is 3.16. The maximum atomic E-state index is 10.7. The molecule has 1 rings (SSSR count). The monoisotopic (exact) mass is 196 g/mol. The number of carbonyl (C=O) groups is 1. The highest BCUT2D eigenvalue weighted by Gasteiger charge is 2.20. The van der Waals surface area contributed by atoms with Crippen LogP contribution in [-0.4, -0.2) is 40.9 Å². The first kappa shape index (κ1) is 10.5. The predicted molar refractivity (Wildman–Crippen MR) is 48.6 cm³/mol. The van der Waals surface area contributed by atoms with Crippen LogP contribution >= 0.6 is 0 Å². The summed E-state index contributed by atoms with van der Waals surface area (Å²) in [5.41, 5.74) is 1.04. The Kier molecular flexibility index (Phi) is 3.48. The van der Waals surface area contributed by atoms with Gasteiger partial charge in [-0.25, -0.2) is 4.79 Å². The minimum absolute atomic E-state index is 0.249. The van der Waals surface area contributed by atoms with E-state index in [0.29, 0.717) is 25.0 Å². The molecule has 76 valence electrons. The summed E-state index contributed by atoms with van der Waals surface area (Å²) in [7, 11) is 0. The Balaban J connectivity index is 2.78. The van der Waals surface area contributed by atoms with Crippen molar-refractivity contribution in [1.29, 1.82) is 5.26 Å². The van der Waals surface area contributed by atoms with Crippen molar-refractivity contribution >= 4 is 6.09 Å². The van der Waals surface area contributed by atoms with Gasteiger partial charge in [-0.3, -0.25) is 0 Å². The lowest BCUT2D eigenvalue weighted by Crippen LogP contribution is -2.36. The van der Waals surface area contributed by atoms with E-state index in [1.54, 1.807) is 0 Å². The van der Waals surface area contributed by atoms with Gasteiger partial charge in [-0.2, -0.15) is 5.26 Å². The van der Waals surface area contributed by atoms with Crippen molar-refractivity contribution in [2.45, 2.75) is 12.8 Å². The molecule has 1 heterocycles. The van der Waals surface area contributed by atoms with Crippen LogP contribution in [0.2, 0.25) is 0 Å². The van der Waals surface area contributed by atoms with Crippen molar-refractivity contribution in [3.05, 3.63) is 11.1 Å². The van der Waals surface area contributed by atoms with Crippen molar-refractivity contribution in [2.24, 2.45) is 0 Å². The van der Waals surface area contributed by atoms with Gasteiger partial charge in [0.2, 0.25) is 0 Å². The molecule has 1 amide bonds. The van der Waals surface area contributed by atoms with Crippen LogP contribution in [0, 0.1) is 11.3 Å². The summed E-state index contributed by atoms with van der Waals surface area (Å²) < 4.78 is 0. The van der Waals surface area contributed by atoms with Crippen LogP contribution in [0.15, 0.2) is 11.1 Å². The SMILES string of the molecule is N#CC(CO)=C1CCCN(C(=O)O)C1. The Hall–Kier alpha value is -1.54. The standard InChI is InChI=1S/C9H12N2O3/c10-4-8(6-12)7-2-1-3-11(5-7)9(13)14/h12H,1-3,5-6H2,(H,13,14). The maximum absolute atomic E-state index is 10.7. The van der Waals surface area contributed by atoms with Gasteiger partial charge in [-0.05, 0) is 18.4 Å². The number of rotatable bonds is 1. The molecule has 0 bridgehead atoms. The first-order valence-electron chi connectivity index (χ1n) is 4.38. The molecule has 1 saturated heterocycles. The molecule has 14 heavy (non-hydrogen) atoms. The van der Waals surface area contributed by atoms with E-state index in [-0.39, 0.29) is 13.2 Å². The number of aliphatic hydroxyl groups excluding tert-OH is 1. The van der Waals surface area contributed by atoms with E-state index >= 15 is 0 Å². The number of piperidine rings is 1. The molecule has 0 spiro atoms. The van der Waals surface area contributed by atoms with Gasteiger partial charge in [0.1, 0.15) is 0 Å². The lowest BCUT2D eigenvalue weighted by molar-refractivity contribution is 0.143. The lowest BCUT2D eigenvalue weighted by Gasteiger charge is -2.26. The number of aliphatic hydroxyl groups is 1. The van der Waals surface area contributed by atoms with Crippen LogP contribution in [0.25, 0.3) is 0 Å². The van der Waals surface area contributed by atoms with Crippen molar-refractivity contribution in [3.63, 3.8) is 0 Å². The quantitative estimate of drug-likeness (QED) is 0.600. The Morgan fingerprint density at radius 2 is 2.36 bits per heavy atom. The van der Waals surface area contributed by atoms with E-state index in [4.69, 9.17) is 15.5 Å². The van der Waals surface area contributed by atoms with Gasteiger partial charge in [-0.15, -0.1) is 0 Å². The molecule has 0 saturated carbocycles. The summed E-state index contributed by atoms with van der Waals surface area (Å²) in [6.45, 7) is 0.445. The molecule has 1 aliphatic heterocycles. The first-order chi connectivity index (χ1) is 6.69. The summed E-state index contributed by atoms with van der Waals surface area (Å²) >= 11 is 0. The zero-order valence-electron chi connectivity index (χ0n) is 7.73. The van der Waals surface area contributed by atoms with E-state index in [0.717, 1.165) is 5.57 Å². The van der Waals surface area contributed by atoms with Crippen LogP contribution in [0.4, 0.5) is 4.79 Å². The third-order valence-electron chi connectivity index (χ3n) is 2.28. The van der Waals surface area contributed by atoms with E-state index in [1.165, 1.54) is 4.90 Å². The number of nitriles is 1. The maximum Gasteiger partial charge on any atom is 0.407 e. The second-order valence-electron chi connectivity index (χ2n) is 3.16. The Bertz CT molecular complexity index is 304. The van der Waals surface area contributed by atoms with Gasteiger partial charge in [0.15, 0.2) is 0 Å². The average molecular weight is 196 g/mol. The van der Waals surface area contributed by atoms with E-state index < -0.39 is 6.09 Å². The normalized spacial score (nSPS) is 20.1. The van der Waals surface area contributed by atoms with Crippen molar-refractivity contribution in [2.75, 3.05) is 19.7 Å². The fourth-order valence-electron chi connectivity index (χ4n) is 1.51. The van der Waals surface area contributed by atoms with Crippen molar-refractivity contribution < 1.29 is 15.0 Å². The minimum atomic E-state index is -0.975. The Morgan fingerprint density at radius 3 is 2.86 bits per heavy atom. The fraction of sp³-hybridized carbons (Fsp3) is 0.556. The molecule has 0 aromatic carbocycles. The van der Waals surface area contributed by atoms with Crippen LogP contribution < -0.4 is 0 Å². The summed E-state index contributed by atoms with van der Waals surface area (Å²) in [5, 5.41) is 26.3. The van der Waals surface area contributed by atoms with E-state index in [2.05, 4.69) is 0 Å². The molecule has 1 fully saturated rings. The summed E-state index contributed by atoms with van der Waals surface area (Å²) in [5.74, 6) is 0. The lowest BCUT2D eigenvalue weighted by atomic mass is 10.0. The Morgan fingerprint density at radius 1 is 1.64 bits per heavy atom. The fourth-order valence-corrected chi connectivity index (χ4v) is 1.51. The molecule has 0 atom stereocenters. The van der Waals surface area contributed by atoms with Crippen molar-refractivity contribution in [3.8, 4) is 6.07 Å². The molecular weight excluding hydrogens is 184 g/mol. The highest BCUT2D eigenvalue weighted by atomic mass is 16.4. The largest absolute Gasteiger partial charge is 0.465 e. The zero-order chi connectivity index (χ0) is 10.6. The van der Waals surface area contributed by atoms with Gasteiger partial charge in [0.25, 0.3) is 0 Å². The third-order valence-corrected chi connectivity index (χ3v) is 2.28. The first-order valence-corrected chi connectivity index (χ1v) is 4.38. The molecule has 2 N–H and O–H groups in total. The molecule has 1 aliphatic rings. The van der Waals surface area contributed by atoms with Gasteiger partial charge in [0, 0.05) is 13.1 Å². The number of amides is 1. The predicted octanol–water partition coefficient (Wildman–Crippen LogP) is 0.573. The highest BCUT2D eigenvalue weighted by Crippen LogP contribution is 2.18. The molecule has 0 aromatic heterocycles. The van der Waals surface area contributed by atoms with Gasteiger partial charge >= 0.3 is 6.09 Å². The molecule has 0 radical (unpaired) electrons. The Labute approximate surface area is 81.9 Å². The number of hydrogen-bond donors (Lipinski definition) is 2. The van der Waals surface area contributed by atoms with E-state index in [9.17, 15) is 4.79 Å². The van der Waals surface area contributed by atoms with Crippen molar-refractivity contribution in [1.82, 2.24) is 4.90 Å². The molecule has 0 aliphatic carbocycles. The van der Waals surface area contributed by atoms with Crippen LogP contribution in [0.1, 0.15) is 12.8 Å². The number of hydrogen-bond acceptors (Lipinski definition) is 3. The molecular formula is C9H12N2O3. The highest BCUT2D eigenvalue weighted by molar-refractivity contribution is 5.65. The van der Waals surface area contributed by atoms with Crippen LogP contribution in [0.3, 0.4) is 0 Å². The summed E-state index contributed by atoms with van der Waals surface area (Å²) in [4.78, 5) is 11.9. The molecule has 0 aromatic rings. The summed E-state index contributed by atoms with van der Waals surface area (Å²) in [6.07, 6.45) is 0.442. The number of nitrogens with zero attached hydrogens (tertiary/aromatic N) is 2. The smallest absolute Gasteiger partial charge is 0.407 e. The topological polar surface area (TPSA) is 84.6 Å². The van der Waals surface area contributed by atoms with Crippen LogP contribution in [0.5, 0.6) is 0 Å². The van der Waals surface area contributed by atoms with Gasteiger partial charge in [-0.1, -0.05) is 0 Å². The molecule has 5 nitrogen and oxygen atoms in total. The molecule has 5 heteroatoms. The average Bonchev–Trinajstić information content (AvgIpc) is 2.20. The van der Waals surface area contributed by atoms with Gasteiger partial charge in [0.05, 0.1) is 18.2 Å². The minimum Gasteiger partial charge on any atom is -0.465 e. The number of carboxylic acid groups (broad SMARTS) is 1. The van der Waals surface area contributed by atoms with Gasteiger partial charge < -0.3 is 15.1 Å². The molecule has 0 unspecified atom stereocenters. The van der Waals surface area contributed by atoms with Crippen LogP contribution in [-0.2, 0) is 0 Å². The number of likely N-dealkylation sites (tertiary alicyclic amines) is 1. The summed E-state index contributed by atoms with van der Waals surface area (Å²) in [6, 6.07) is 1.89. The third kappa shape index (κ3) is 2.24. The van der Waals surface area contributed by atoms with E-state index in [1.807, 2.05) is 6.07 Å². The zero-order valence-corrected chi connectivity index (χ0v) is 7.73. The second kappa shape index (κ2) is 4.63.